The number of piperazine rings is 1. The molecule has 1 aliphatic heterocycles. The summed E-state index contributed by atoms with van der Waals surface area (Å²) in [5.74, 6) is -0.473. The molecule has 3 N–H and O–H groups in total. The minimum absolute atomic E-state index is 0.0237. The van der Waals surface area contributed by atoms with Crippen LogP contribution in [0.25, 0.3) is 0 Å². The number of anilines is 4. The number of carbonyl (C=O) groups is 1. The van der Waals surface area contributed by atoms with E-state index in [-0.39, 0.29) is 5.56 Å². The van der Waals surface area contributed by atoms with Gasteiger partial charge in [-0.05, 0) is 62.9 Å². The van der Waals surface area contributed by atoms with Crippen LogP contribution in [0.5, 0.6) is 0 Å². The van der Waals surface area contributed by atoms with Gasteiger partial charge in [-0.15, -0.1) is 0 Å². The van der Waals surface area contributed by atoms with Crippen molar-refractivity contribution in [1.82, 2.24) is 14.9 Å². The van der Waals surface area contributed by atoms with E-state index in [2.05, 4.69) is 37.4 Å². The summed E-state index contributed by atoms with van der Waals surface area (Å²) in [6, 6.07) is 11.3. The second-order valence-corrected chi connectivity index (χ2v) is 8.15. The summed E-state index contributed by atoms with van der Waals surface area (Å²) in [6.07, 6.45) is 3.22. The molecule has 0 bridgehead atoms. The second-order valence-electron chi connectivity index (χ2n) is 8.15. The number of carbonyl (C=O) groups excluding carboxylic acids is 1. The number of nitrogens with zero attached hydrogens (tertiary/aromatic N) is 3. The van der Waals surface area contributed by atoms with Gasteiger partial charge in [-0.3, -0.25) is 14.6 Å². The molecule has 3 heterocycles. The third-order valence-electron chi connectivity index (χ3n) is 5.70. The van der Waals surface area contributed by atoms with Gasteiger partial charge in [0.1, 0.15) is 5.56 Å². The molecule has 1 amide bonds. The predicted octanol–water partition coefficient (Wildman–Crippen LogP) is 3.13. The summed E-state index contributed by atoms with van der Waals surface area (Å²) in [4.78, 5) is 37.0. The molecule has 2 aromatic heterocycles. The van der Waals surface area contributed by atoms with Crippen molar-refractivity contribution >= 4 is 28.7 Å². The van der Waals surface area contributed by atoms with Crippen molar-refractivity contribution in [2.75, 3.05) is 48.8 Å². The van der Waals surface area contributed by atoms with Crippen molar-refractivity contribution in [3.63, 3.8) is 0 Å². The molecule has 8 heteroatoms. The Morgan fingerprint density at radius 1 is 1.03 bits per heavy atom. The second kappa shape index (κ2) is 9.23. The number of hydrogen-bond acceptors (Lipinski definition) is 6. The highest BCUT2D eigenvalue weighted by Crippen LogP contribution is 2.23. The van der Waals surface area contributed by atoms with E-state index in [4.69, 9.17) is 0 Å². The molecule has 0 radical (unpaired) electrons. The van der Waals surface area contributed by atoms with E-state index < -0.39 is 11.5 Å². The fourth-order valence-electron chi connectivity index (χ4n) is 3.79. The first kappa shape index (κ1) is 21.6. The summed E-state index contributed by atoms with van der Waals surface area (Å²) >= 11 is 0. The minimum Gasteiger partial charge on any atom is -0.369 e. The number of H-pyrrole nitrogens is 1. The molecule has 0 atom stereocenters. The van der Waals surface area contributed by atoms with Gasteiger partial charge in [0.25, 0.3) is 11.5 Å². The van der Waals surface area contributed by atoms with Gasteiger partial charge in [0.15, 0.2) is 0 Å². The van der Waals surface area contributed by atoms with E-state index in [1.165, 1.54) is 6.20 Å². The molecule has 3 aromatic rings. The Morgan fingerprint density at radius 2 is 1.75 bits per heavy atom. The number of nitrogens with one attached hydrogen (secondary N) is 3. The first-order valence-electron chi connectivity index (χ1n) is 10.7. The third-order valence-corrected chi connectivity index (χ3v) is 5.70. The van der Waals surface area contributed by atoms with Crippen molar-refractivity contribution < 1.29 is 4.79 Å². The normalized spacial score (nSPS) is 14.3. The van der Waals surface area contributed by atoms with E-state index in [1.807, 2.05) is 44.2 Å². The number of hydrogen-bond donors (Lipinski definition) is 3. The molecular weight excluding hydrogens is 404 g/mol. The zero-order chi connectivity index (χ0) is 22.7. The first-order valence-corrected chi connectivity index (χ1v) is 10.7. The molecule has 0 aliphatic carbocycles. The Hall–Kier alpha value is -3.65. The molecule has 4 rings (SSSR count). The maximum absolute atomic E-state index is 13.0. The van der Waals surface area contributed by atoms with E-state index in [1.54, 1.807) is 12.3 Å². The lowest BCUT2D eigenvalue weighted by molar-refractivity contribution is 0.102. The topological polar surface area (TPSA) is 93.4 Å². The van der Waals surface area contributed by atoms with Crippen molar-refractivity contribution in [2.24, 2.45) is 0 Å². The van der Waals surface area contributed by atoms with Crippen LogP contribution in [0.15, 0.2) is 53.6 Å². The Bertz CT molecular complexity index is 1160. The number of amides is 1. The van der Waals surface area contributed by atoms with Gasteiger partial charge in [0, 0.05) is 49.4 Å². The van der Waals surface area contributed by atoms with Crippen LogP contribution in [-0.4, -0.2) is 54.0 Å². The number of likely N-dealkylation sites (N-methyl/N-ethyl adjacent to an activating group) is 1. The summed E-state index contributed by atoms with van der Waals surface area (Å²) in [7, 11) is 2.13. The van der Waals surface area contributed by atoms with Gasteiger partial charge in [-0.25, -0.2) is 0 Å². The molecule has 8 nitrogen and oxygen atoms in total. The highest BCUT2D eigenvalue weighted by molar-refractivity contribution is 6.08. The number of aromatic nitrogens is 2. The zero-order valence-electron chi connectivity index (χ0n) is 18.6. The Balaban J connectivity index is 1.51. The lowest BCUT2D eigenvalue weighted by Crippen LogP contribution is -2.44. The summed E-state index contributed by atoms with van der Waals surface area (Å²) < 4.78 is 0. The van der Waals surface area contributed by atoms with Crippen LogP contribution in [-0.2, 0) is 0 Å². The first-order chi connectivity index (χ1) is 15.4. The molecule has 166 valence electrons. The zero-order valence-corrected chi connectivity index (χ0v) is 18.6. The van der Waals surface area contributed by atoms with E-state index in [0.717, 1.165) is 48.8 Å². The Kier molecular flexibility index (Phi) is 6.23. The lowest BCUT2D eigenvalue weighted by Gasteiger charge is -2.34. The fourth-order valence-corrected chi connectivity index (χ4v) is 3.79. The van der Waals surface area contributed by atoms with Crippen LogP contribution >= 0.6 is 0 Å². The number of aryl methyl sites for hydroxylation is 2. The summed E-state index contributed by atoms with van der Waals surface area (Å²) in [5.41, 5.74) is 4.37. The van der Waals surface area contributed by atoms with Crippen molar-refractivity contribution in [2.45, 2.75) is 13.8 Å². The quantitative estimate of drug-likeness (QED) is 0.574. The predicted molar refractivity (Wildman–Crippen MR) is 128 cm³/mol. The molecule has 32 heavy (non-hydrogen) atoms. The average Bonchev–Trinajstić information content (AvgIpc) is 2.77. The van der Waals surface area contributed by atoms with E-state index in [0.29, 0.717) is 11.4 Å². The molecule has 1 fully saturated rings. The largest absolute Gasteiger partial charge is 0.369 e. The minimum atomic E-state index is -0.473. The molecule has 1 aromatic carbocycles. The number of rotatable bonds is 5. The SMILES string of the molecule is Cc1cc(C)c(Nc2cc[nH]c(=O)c2C(=O)Nc2ccc(N3CCN(C)CC3)cc2)cn1. The fraction of sp³-hybridized carbons (Fsp3) is 0.292. The van der Waals surface area contributed by atoms with Crippen molar-refractivity contribution in [3.8, 4) is 0 Å². The van der Waals surface area contributed by atoms with Crippen LogP contribution in [0.1, 0.15) is 21.6 Å². The van der Waals surface area contributed by atoms with Gasteiger partial charge in [0.05, 0.1) is 17.6 Å². The molecule has 1 aliphatic rings. The van der Waals surface area contributed by atoms with Gasteiger partial charge in [-0.2, -0.15) is 0 Å². The van der Waals surface area contributed by atoms with Crippen LogP contribution in [0.3, 0.4) is 0 Å². The average molecular weight is 433 g/mol. The van der Waals surface area contributed by atoms with Gasteiger partial charge >= 0.3 is 0 Å². The highest BCUT2D eigenvalue weighted by atomic mass is 16.2. The highest BCUT2D eigenvalue weighted by Gasteiger charge is 2.18. The summed E-state index contributed by atoms with van der Waals surface area (Å²) in [6.45, 7) is 7.87. The van der Waals surface area contributed by atoms with Gasteiger partial charge < -0.3 is 25.4 Å². The van der Waals surface area contributed by atoms with Crippen LogP contribution in [0.4, 0.5) is 22.7 Å². The smallest absolute Gasteiger partial charge is 0.263 e. The molecular formula is C24H28N6O2. The molecule has 0 saturated carbocycles. The lowest BCUT2D eigenvalue weighted by atomic mass is 10.1. The maximum Gasteiger partial charge on any atom is 0.263 e. The Labute approximate surface area is 187 Å². The van der Waals surface area contributed by atoms with Crippen molar-refractivity contribution in [1.29, 1.82) is 0 Å². The Morgan fingerprint density at radius 3 is 2.44 bits per heavy atom. The third kappa shape index (κ3) is 4.81. The number of aromatic amines is 1. The van der Waals surface area contributed by atoms with Crippen LogP contribution in [0.2, 0.25) is 0 Å². The monoisotopic (exact) mass is 432 g/mol. The van der Waals surface area contributed by atoms with E-state index in [9.17, 15) is 9.59 Å². The number of pyridine rings is 2. The van der Waals surface area contributed by atoms with Gasteiger partial charge in [0.2, 0.25) is 0 Å². The van der Waals surface area contributed by atoms with Crippen molar-refractivity contribution in [3.05, 3.63) is 76.0 Å². The standard InChI is InChI=1S/C24H28N6O2/c1-16-14-17(2)26-15-21(16)28-20-8-9-25-23(31)22(20)24(32)27-18-4-6-19(7-5-18)30-12-10-29(3)11-13-30/h4-9,14-15H,10-13H2,1-3H3,(H,27,32)(H2,25,28,31). The van der Waals surface area contributed by atoms with Crippen LogP contribution in [0, 0.1) is 13.8 Å². The number of benzene rings is 1. The van der Waals surface area contributed by atoms with Gasteiger partial charge in [-0.1, -0.05) is 0 Å². The maximum atomic E-state index is 13.0. The molecule has 1 saturated heterocycles. The summed E-state index contributed by atoms with van der Waals surface area (Å²) in [5, 5.41) is 6.02. The molecule has 0 spiro atoms. The molecule has 0 unspecified atom stereocenters. The van der Waals surface area contributed by atoms with E-state index >= 15 is 0 Å². The van der Waals surface area contributed by atoms with Crippen LogP contribution < -0.4 is 21.1 Å².